The zero-order chi connectivity index (χ0) is 54.4. The SMILES string of the molecule is C.CC(=O)O.O=C(NCCc1ccc(F)cc1)[C@@H]1CN(C(=O)c2ccc(C(=O)N3C[C@@H](C(=O)NCCc4ccc(F)cc4)[C@H](C(=O)NCCc4ccc(F)cc4)C3)cc2)C[C@H]1C(=O)NCCc1ccc(F)cc1.O=C=O.S.S.S.S. The van der Waals surface area contributed by atoms with Gasteiger partial charge in [0.05, 0.1) is 23.7 Å². The van der Waals surface area contributed by atoms with Crippen molar-refractivity contribution in [1.29, 1.82) is 0 Å². The Morgan fingerprint density at radius 1 is 0.425 bits per heavy atom. The van der Waals surface area contributed by atoms with E-state index < -0.39 is 65.1 Å². The Balaban J connectivity index is 0.00000492. The number of halogens is 4. The van der Waals surface area contributed by atoms with Crippen LogP contribution in [-0.2, 0) is 59.2 Å². The van der Waals surface area contributed by atoms with Gasteiger partial charge >= 0.3 is 6.15 Å². The van der Waals surface area contributed by atoms with Gasteiger partial charge in [-0.3, -0.25) is 33.6 Å². The first-order chi connectivity index (χ1) is 36.0. The number of hydrogen-bond donors (Lipinski definition) is 5. The molecule has 0 saturated carbocycles. The number of nitrogens with one attached hydrogen (secondary N) is 4. The van der Waals surface area contributed by atoms with Gasteiger partial charge in [0.2, 0.25) is 23.6 Å². The first-order valence-corrected chi connectivity index (χ1v) is 23.9. The van der Waals surface area contributed by atoms with Crippen molar-refractivity contribution >= 4 is 102 Å². The summed E-state index contributed by atoms with van der Waals surface area (Å²) in [5.74, 6) is -8.56. The van der Waals surface area contributed by atoms with Crippen LogP contribution in [0, 0.1) is 46.9 Å². The zero-order valence-electron chi connectivity index (χ0n) is 42.9. The summed E-state index contributed by atoms with van der Waals surface area (Å²) in [6.45, 7) is 1.69. The van der Waals surface area contributed by atoms with Crippen LogP contribution in [0.3, 0.4) is 0 Å². The molecule has 2 heterocycles. The number of carboxylic acids is 1. The Labute approximate surface area is 490 Å². The maximum absolute atomic E-state index is 14.0. The molecular formula is C56H68F4N6O10S4. The lowest BCUT2D eigenvalue weighted by molar-refractivity contribution is -0.191. The van der Waals surface area contributed by atoms with Crippen LogP contribution in [0.15, 0.2) is 121 Å². The number of carbonyl (C=O) groups excluding carboxylic acids is 8. The molecule has 2 aliphatic heterocycles. The molecule has 0 unspecified atom stereocenters. The molecule has 434 valence electrons. The highest BCUT2D eigenvalue weighted by atomic mass is 32.1. The van der Waals surface area contributed by atoms with Gasteiger partial charge < -0.3 is 36.2 Å². The largest absolute Gasteiger partial charge is 0.481 e. The van der Waals surface area contributed by atoms with Gasteiger partial charge in [0.15, 0.2) is 0 Å². The van der Waals surface area contributed by atoms with E-state index in [0.717, 1.165) is 29.2 Å². The minimum Gasteiger partial charge on any atom is -0.481 e. The summed E-state index contributed by atoms with van der Waals surface area (Å²) in [5.41, 5.74) is 3.62. The molecule has 4 atom stereocenters. The highest BCUT2D eigenvalue weighted by molar-refractivity contribution is 7.59. The standard InChI is InChI=1S/C52H52F4N6O6.C2H4O2.CO2.CH4.4H2S/c53-39-13-1-33(2-14-39)21-25-57-47(63)43-29-61(30-44(43)48(64)58-26-22-34-3-15-40(54)16-4-34)51(67)37-9-11-38(12-10-37)52(68)62-31-45(49(65)59-27-23-35-5-17-41(55)18-6-35)46(32-62)50(66)60-28-24-36-7-19-42(56)20-8-36;1-2(3)4;2-1-3;;;;;/h1-20,43-46H,21-32H2,(H,57,63)(H,58,64)(H,59,65)(H,60,66);1H3,(H,3,4);;1H4;4*1H2/t43-,44-,45-,46-;;;;;;;/m1......./s1. The van der Waals surface area contributed by atoms with Gasteiger partial charge in [-0.05, 0) is 121 Å². The molecule has 7 rings (SSSR count). The smallest absolute Gasteiger partial charge is 0.373 e. The number of rotatable bonds is 18. The molecule has 2 saturated heterocycles. The predicted octanol–water partition coefficient (Wildman–Crippen LogP) is 5.65. The lowest BCUT2D eigenvalue weighted by atomic mass is 9.94. The van der Waals surface area contributed by atoms with Crippen LogP contribution in [0.2, 0.25) is 0 Å². The molecule has 0 spiro atoms. The molecule has 0 bridgehead atoms. The highest BCUT2D eigenvalue weighted by Gasteiger charge is 2.45. The third-order valence-electron chi connectivity index (χ3n) is 12.4. The third kappa shape index (κ3) is 22.9. The van der Waals surface area contributed by atoms with Gasteiger partial charge in [0.1, 0.15) is 23.3 Å². The van der Waals surface area contributed by atoms with E-state index in [4.69, 9.17) is 19.5 Å². The first kappa shape index (κ1) is 72.9. The lowest BCUT2D eigenvalue weighted by Gasteiger charge is -2.18. The first-order valence-electron chi connectivity index (χ1n) is 23.9. The van der Waals surface area contributed by atoms with Crippen molar-refractivity contribution in [2.75, 3.05) is 52.4 Å². The molecular weight excluding hydrogens is 1120 g/mol. The number of amides is 6. The number of benzene rings is 5. The normalized spacial score (nSPS) is 15.4. The summed E-state index contributed by atoms with van der Waals surface area (Å²) in [5, 5.41) is 18.9. The molecule has 0 aromatic heterocycles. The van der Waals surface area contributed by atoms with Crippen molar-refractivity contribution in [2.24, 2.45) is 23.7 Å². The molecule has 6 amide bonds. The van der Waals surface area contributed by atoms with Gasteiger partial charge in [-0.15, -0.1) is 0 Å². The van der Waals surface area contributed by atoms with Crippen LogP contribution in [0.25, 0.3) is 0 Å². The van der Waals surface area contributed by atoms with Crippen LogP contribution in [0.4, 0.5) is 17.6 Å². The Morgan fingerprint density at radius 3 is 0.775 bits per heavy atom. The number of likely N-dealkylation sites (tertiary alicyclic amines) is 2. The minimum atomic E-state index is -0.893. The number of nitrogens with zero attached hydrogens (tertiary/aromatic N) is 2. The third-order valence-corrected chi connectivity index (χ3v) is 12.4. The second kappa shape index (κ2) is 36.9. The summed E-state index contributed by atoms with van der Waals surface area (Å²) in [6.07, 6.45) is 1.91. The molecule has 2 fully saturated rings. The van der Waals surface area contributed by atoms with E-state index in [2.05, 4.69) is 21.3 Å². The fourth-order valence-corrected chi connectivity index (χ4v) is 8.57. The van der Waals surface area contributed by atoms with Gasteiger partial charge in [0, 0.05) is 70.4 Å². The van der Waals surface area contributed by atoms with Crippen molar-refractivity contribution in [3.05, 3.63) is 178 Å². The summed E-state index contributed by atoms with van der Waals surface area (Å²) >= 11 is 0. The Bertz CT molecular complexity index is 2480. The van der Waals surface area contributed by atoms with Crippen LogP contribution >= 0.6 is 54.0 Å². The minimum absolute atomic E-state index is 0. The quantitative estimate of drug-likeness (QED) is 0.0678. The van der Waals surface area contributed by atoms with Crippen molar-refractivity contribution in [2.45, 2.75) is 40.0 Å². The Morgan fingerprint density at radius 2 is 0.600 bits per heavy atom. The number of carboxylic acid groups (broad SMARTS) is 1. The van der Waals surface area contributed by atoms with Crippen molar-refractivity contribution in [3.8, 4) is 0 Å². The fourth-order valence-electron chi connectivity index (χ4n) is 8.57. The summed E-state index contributed by atoms with van der Waals surface area (Å²) in [4.78, 5) is 111. The predicted molar refractivity (Wildman–Crippen MR) is 311 cm³/mol. The van der Waals surface area contributed by atoms with Crippen molar-refractivity contribution in [1.82, 2.24) is 31.1 Å². The molecule has 0 aliphatic carbocycles. The van der Waals surface area contributed by atoms with E-state index >= 15 is 0 Å². The van der Waals surface area contributed by atoms with Crippen LogP contribution in [0.1, 0.15) is 57.3 Å². The van der Waals surface area contributed by atoms with Gasteiger partial charge in [-0.25, -0.2) is 17.6 Å². The number of aliphatic carboxylic acids is 1. The average molecular weight is 1190 g/mol. The molecule has 5 aromatic rings. The van der Waals surface area contributed by atoms with Crippen LogP contribution < -0.4 is 21.3 Å². The van der Waals surface area contributed by atoms with E-state index in [1.165, 1.54) is 82.6 Å². The van der Waals surface area contributed by atoms with Gasteiger partial charge in [0.25, 0.3) is 17.8 Å². The Hall–Kier alpha value is -7.11. The van der Waals surface area contributed by atoms with Crippen LogP contribution in [0.5, 0.6) is 0 Å². The summed E-state index contributed by atoms with van der Waals surface area (Å²) < 4.78 is 53.7. The van der Waals surface area contributed by atoms with Crippen molar-refractivity contribution in [3.63, 3.8) is 0 Å². The molecule has 24 heteroatoms. The van der Waals surface area contributed by atoms with E-state index in [1.54, 1.807) is 48.5 Å². The molecule has 16 nitrogen and oxygen atoms in total. The van der Waals surface area contributed by atoms with Crippen LogP contribution in [-0.4, -0.2) is 115 Å². The summed E-state index contributed by atoms with van der Waals surface area (Å²) in [7, 11) is 0. The van der Waals surface area contributed by atoms with E-state index in [-0.39, 0.29) is 154 Å². The molecule has 0 radical (unpaired) electrons. The number of hydrogen-bond acceptors (Lipinski definition) is 9. The van der Waals surface area contributed by atoms with E-state index in [9.17, 15) is 46.3 Å². The lowest BCUT2D eigenvalue weighted by Crippen LogP contribution is -2.42. The van der Waals surface area contributed by atoms with E-state index in [1.807, 2.05) is 0 Å². The van der Waals surface area contributed by atoms with Gasteiger partial charge in [-0.1, -0.05) is 56.0 Å². The van der Waals surface area contributed by atoms with Gasteiger partial charge in [-0.2, -0.15) is 63.6 Å². The average Bonchev–Trinajstić information content (AvgIpc) is 4.05. The molecule has 5 N–H and O–H groups in total. The zero-order valence-corrected chi connectivity index (χ0v) is 46.9. The van der Waals surface area contributed by atoms with Crippen molar-refractivity contribution < 1.29 is 65.8 Å². The monoisotopic (exact) mass is 1190 g/mol. The maximum atomic E-state index is 14.0. The number of carbonyl (C=O) groups is 7. The fraction of sp³-hybridized carbons (Fsp3) is 0.321. The highest BCUT2D eigenvalue weighted by Crippen LogP contribution is 2.28. The molecule has 2 aliphatic rings. The van der Waals surface area contributed by atoms with E-state index in [0.29, 0.717) is 25.7 Å². The Kier molecular flexibility index (Phi) is 33.7. The second-order valence-corrected chi connectivity index (χ2v) is 17.7. The molecule has 80 heavy (non-hydrogen) atoms. The summed E-state index contributed by atoms with van der Waals surface area (Å²) in [6, 6.07) is 29.4. The topological polar surface area (TPSA) is 228 Å². The second-order valence-electron chi connectivity index (χ2n) is 17.7. The maximum Gasteiger partial charge on any atom is 0.373 e. The molecule has 5 aromatic carbocycles.